The first-order valence-corrected chi connectivity index (χ1v) is 6.93. The fraction of sp³-hybridized carbons (Fsp3) is 0.533. The van der Waals surface area contributed by atoms with E-state index in [1.165, 1.54) is 0 Å². The summed E-state index contributed by atoms with van der Waals surface area (Å²) in [4.78, 5) is 14.1. The third-order valence-corrected chi connectivity index (χ3v) is 3.52. The summed E-state index contributed by atoms with van der Waals surface area (Å²) in [6.45, 7) is 6.11. The van der Waals surface area contributed by atoms with Crippen LogP contribution in [0.25, 0.3) is 0 Å². The standard InChI is InChI=1S/C15H22N2O2/c1-3-16-14-7-6-12(9-11(14)2)15(19)17-8-4-5-13(18)10-17/h6-7,9,13,16,18H,3-5,8,10H2,1-2H3. The SMILES string of the molecule is CCNc1ccc(C(=O)N2CCCC(O)C2)cc1C. The Hall–Kier alpha value is -1.55. The van der Waals surface area contributed by atoms with Gasteiger partial charge in [0.15, 0.2) is 0 Å². The number of amides is 1. The Morgan fingerprint density at radius 3 is 2.95 bits per heavy atom. The molecule has 0 bridgehead atoms. The molecular formula is C15H22N2O2. The normalized spacial score (nSPS) is 19.3. The highest BCUT2D eigenvalue weighted by Crippen LogP contribution is 2.19. The molecule has 1 aliphatic rings. The zero-order valence-corrected chi connectivity index (χ0v) is 11.6. The van der Waals surface area contributed by atoms with E-state index in [1.54, 1.807) is 4.90 Å². The first kappa shape index (κ1) is 13.9. The number of aryl methyl sites for hydroxylation is 1. The molecule has 0 aliphatic carbocycles. The summed E-state index contributed by atoms with van der Waals surface area (Å²) >= 11 is 0. The summed E-state index contributed by atoms with van der Waals surface area (Å²) in [6, 6.07) is 5.72. The minimum atomic E-state index is -0.375. The molecule has 1 aliphatic heterocycles. The molecule has 0 spiro atoms. The van der Waals surface area contributed by atoms with Crippen LogP contribution in [0.15, 0.2) is 18.2 Å². The van der Waals surface area contributed by atoms with E-state index in [1.807, 2.05) is 32.0 Å². The topological polar surface area (TPSA) is 52.6 Å². The summed E-state index contributed by atoms with van der Waals surface area (Å²) in [5, 5.41) is 12.9. The average Bonchev–Trinajstić information content (AvgIpc) is 2.40. The second-order valence-corrected chi connectivity index (χ2v) is 5.11. The minimum Gasteiger partial charge on any atom is -0.391 e. The van der Waals surface area contributed by atoms with Gasteiger partial charge in [-0.3, -0.25) is 4.79 Å². The maximum absolute atomic E-state index is 12.4. The molecule has 1 atom stereocenters. The smallest absolute Gasteiger partial charge is 0.253 e. The lowest BCUT2D eigenvalue weighted by molar-refractivity contribution is 0.0473. The van der Waals surface area contributed by atoms with Crippen LogP contribution in [0.2, 0.25) is 0 Å². The van der Waals surface area contributed by atoms with Gasteiger partial charge in [-0.15, -0.1) is 0 Å². The molecule has 1 fully saturated rings. The number of anilines is 1. The molecule has 0 saturated carbocycles. The molecule has 19 heavy (non-hydrogen) atoms. The first-order chi connectivity index (χ1) is 9.11. The highest BCUT2D eigenvalue weighted by atomic mass is 16.3. The number of carbonyl (C=O) groups excluding carboxylic acids is 1. The third kappa shape index (κ3) is 3.26. The largest absolute Gasteiger partial charge is 0.391 e. The molecule has 1 amide bonds. The number of piperidine rings is 1. The van der Waals surface area contributed by atoms with E-state index in [9.17, 15) is 9.90 Å². The van der Waals surface area contributed by atoms with Crippen molar-refractivity contribution in [1.29, 1.82) is 0 Å². The number of rotatable bonds is 3. The minimum absolute atomic E-state index is 0.0184. The highest BCUT2D eigenvalue weighted by Gasteiger charge is 2.23. The van der Waals surface area contributed by atoms with Crippen LogP contribution in [0, 0.1) is 6.92 Å². The summed E-state index contributed by atoms with van der Waals surface area (Å²) in [7, 11) is 0. The van der Waals surface area contributed by atoms with Crippen LogP contribution in [0.5, 0.6) is 0 Å². The monoisotopic (exact) mass is 262 g/mol. The highest BCUT2D eigenvalue weighted by molar-refractivity contribution is 5.95. The van der Waals surface area contributed by atoms with Crippen molar-refractivity contribution in [2.24, 2.45) is 0 Å². The van der Waals surface area contributed by atoms with Gasteiger partial charge in [-0.05, 0) is 50.5 Å². The number of aliphatic hydroxyl groups is 1. The molecule has 1 aromatic rings. The molecular weight excluding hydrogens is 240 g/mol. The molecule has 4 heteroatoms. The van der Waals surface area contributed by atoms with Gasteiger partial charge in [0.05, 0.1) is 6.10 Å². The fourth-order valence-corrected chi connectivity index (χ4v) is 2.51. The van der Waals surface area contributed by atoms with Crippen molar-refractivity contribution in [3.05, 3.63) is 29.3 Å². The predicted octanol–water partition coefficient (Wildman–Crippen LogP) is 2.02. The first-order valence-electron chi connectivity index (χ1n) is 6.93. The number of hydrogen-bond acceptors (Lipinski definition) is 3. The zero-order chi connectivity index (χ0) is 13.8. The molecule has 4 nitrogen and oxygen atoms in total. The lowest BCUT2D eigenvalue weighted by Gasteiger charge is -2.30. The van der Waals surface area contributed by atoms with E-state index in [-0.39, 0.29) is 12.0 Å². The van der Waals surface area contributed by atoms with Gasteiger partial charge < -0.3 is 15.3 Å². The molecule has 0 aromatic heterocycles. The molecule has 2 N–H and O–H groups in total. The number of aliphatic hydroxyl groups excluding tert-OH is 1. The fourth-order valence-electron chi connectivity index (χ4n) is 2.51. The van der Waals surface area contributed by atoms with Gasteiger partial charge in [0.2, 0.25) is 0 Å². The van der Waals surface area contributed by atoms with Gasteiger partial charge in [-0.1, -0.05) is 0 Å². The van der Waals surface area contributed by atoms with Crippen molar-refractivity contribution in [3.63, 3.8) is 0 Å². The molecule has 1 unspecified atom stereocenters. The number of β-amino-alcohol motifs (C(OH)–C–C–N with tert-alkyl or cyclic N) is 1. The van der Waals surface area contributed by atoms with E-state index >= 15 is 0 Å². The van der Waals surface area contributed by atoms with Crippen LogP contribution < -0.4 is 5.32 Å². The van der Waals surface area contributed by atoms with Crippen LogP contribution in [0.3, 0.4) is 0 Å². The second kappa shape index (κ2) is 6.06. The van der Waals surface area contributed by atoms with E-state index < -0.39 is 0 Å². The maximum atomic E-state index is 12.4. The Bertz CT molecular complexity index is 459. The van der Waals surface area contributed by atoms with E-state index in [2.05, 4.69) is 5.32 Å². The van der Waals surface area contributed by atoms with Crippen LogP contribution in [0.4, 0.5) is 5.69 Å². The Kier molecular flexibility index (Phi) is 4.43. The van der Waals surface area contributed by atoms with Gasteiger partial charge in [0.25, 0.3) is 5.91 Å². The molecule has 2 rings (SSSR count). The van der Waals surface area contributed by atoms with E-state index in [0.29, 0.717) is 12.1 Å². The Balaban J connectivity index is 2.12. The van der Waals surface area contributed by atoms with Crippen LogP contribution in [-0.2, 0) is 0 Å². The summed E-state index contributed by atoms with van der Waals surface area (Å²) in [5.41, 5.74) is 2.84. The van der Waals surface area contributed by atoms with Gasteiger partial charge in [0, 0.05) is 30.9 Å². The van der Waals surface area contributed by atoms with Gasteiger partial charge in [0.1, 0.15) is 0 Å². The summed E-state index contributed by atoms with van der Waals surface area (Å²) < 4.78 is 0. The number of carbonyl (C=O) groups is 1. The van der Waals surface area contributed by atoms with Crippen molar-refractivity contribution >= 4 is 11.6 Å². The van der Waals surface area contributed by atoms with E-state index in [0.717, 1.165) is 37.2 Å². The number of hydrogen-bond donors (Lipinski definition) is 2. The Morgan fingerprint density at radius 2 is 2.32 bits per heavy atom. The molecule has 1 aromatic carbocycles. The average molecular weight is 262 g/mol. The van der Waals surface area contributed by atoms with Crippen molar-refractivity contribution in [2.45, 2.75) is 32.8 Å². The van der Waals surface area contributed by atoms with Crippen LogP contribution in [-0.4, -0.2) is 41.7 Å². The zero-order valence-electron chi connectivity index (χ0n) is 11.6. The van der Waals surface area contributed by atoms with Crippen molar-refractivity contribution in [2.75, 3.05) is 25.0 Å². The molecule has 0 radical (unpaired) electrons. The Labute approximate surface area is 114 Å². The van der Waals surface area contributed by atoms with Gasteiger partial charge in [-0.25, -0.2) is 0 Å². The maximum Gasteiger partial charge on any atom is 0.253 e. The van der Waals surface area contributed by atoms with Crippen LogP contribution >= 0.6 is 0 Å². The number of nitrogens with zero attached hydrogens (tertiary/aromatic N) is 1. The van der Waals surface area contributed by atoms with Crippen molar-refractivity contribution in [1.82, 2.24) is 4.90 Å². The predicted molar refractivity (Wildman–Crippen MR) is 76.5 cm³/mol. The molecule has 1 saturated heterocycles. The van der Waals surface area contributed by atoms with Gasteiger partial charge >= 0.3 is 0 Å². The van der Waals surface area contributed by atoms with Crippen molar-refractivity contribution in [3.8, 4) is 0 Å². The second-order valence-electron chi connectivity index (χ2n) is 5.11. The quantitative estimate of drug-likeness (QED) is 0.876. The number of benzene rings is 1. The molecule has 1 heterocycles. The van der Waals surface area contributed by atoms with Crippen molar-refractivity contribution < 1.29 is 9.90 Å². The third-order valence-electron chi connectivity index (χ3n) is 3.52. The number of likely N-dealkylation sites (tertiary alicyclic amines) is 1. The van der Waals surface area contributed by atoms with Crippen LogP contribution in [0.1, 0.15) is 35.7 Å². The lowest BCUT2D eigenvalue weighted by atomic mass is 10.0. The Morgan fingerprint density at radius 1 is 1.53 bits per heavy atom. The summed E-state index contributed by atoms with van der Waals surface area (Å²) in [6.07, 6.45) is 1.30. The molecule has 104 valence electrons. The van der Waals surface area contributed by atoms with E-state index in [4.69, 9.17) is 0 Å². The summed E-state index contributed by atoms with van der Waals surface area (Å²) in [5.74, 6) is 0.0184. The van der Waals surface area contributed by atoms with Gasteiger partial charge in [-0.2, -0.15) is 0 Å². The number of nitrogens with one attached hydrogen (secondary N) is 1. The lowest BCUT2D eigenvalue weighted by Crippen LogP contribution is -2.42.